The van der Waals surface area contributed by atoms with Crippen molar-refractivity contribution in [1.82, 2.24) is 9.97 Å². The second-order valence-electron chi connectivity index (χ2n) is 9.07. The lowest BCUT2D eigenvalue weighted by Gasteiger charge is -2.11. The van der Waals surface area contributed by atoms with E-state index in [2.05, 4.69) is 27.1 Å². The van der Waals surface area contributed by atoms with E-state index in [1.807, 2.05) is 62.4 Å². The lowest BCUT2D eigenvalue weighted by molar-refractivity contribution is -0.140. The highest BCUT2D eigenvalue weighted by atomic mass is 16.5. The van der Waals surface area contributed by atoms with E-state index < -0.39 is 11.4 Å². The number of nitrogens with one attached hydrogen (secondary N) is 1. The van der Waals surface area contributed by atoms with Crippen molar-refractivity contribution in [2.75, 3.05) is 12.4 Å². The summed E-state index contributed by atoms with van der Waals surface area (Å²) in [7, 11) is 1.79. The second kappa shape index (κ2) is 10.4. The zero-order valence-corrected chi connectivity index (χ0v) is 21.5. The molecule has 1 fully saturated rings. The molecule has 3 heterocycles. The van der Waals surface area contributed by atoms with Crippen LogP contribution in [0.15, 0.2) is 61.8 Å². The number of fused-ring (bicyclic) bond motifs is 2. The van der Waals surface area contributed by atoms with Crippen LogP contribution in [0.5, 0.6) is 0 Å². The molecule has 39 heavy (non-hydrogen) atoms. The van der Waals surface area contributed by atoms with Crippen LogP contribution in [0.2, 0.25) is 0 Å². The van der Waals surface area contributed by atoms with Gasteiger partial charge in [-0.05, 0) is 55.9 Å². The minimum absolute atomic E-state index is 0.0697. The highest BCUT2D eigenvalue weighted by Gasteiger charge is 2.56. The molecule has 0 bridgehead atoms. The number of aliphatic carboxylic acids is 1. The summed E-state index contributed by atoms with van der Waals surface area (Å²) in [6, 6.07) is 15.5. The van der Waals surface area contributed by atoms with Gasteiger partial charge in [-0.3, -0.25) is 9.59 Å². The lowest BCUT2D eigenvalue weighted by atomic mass is 10.1. The summed E-state index contributed by atoms with van der Waals surface area (Å²) in [5.74, 6) is 5.52. The van der Waals surface area contributed by atoms with Gasteiger partial charge in [-0.2, -0.15) is 9.97 Å². The summed E-state index contributed by atoms with van der Waals surface area (Å²) in [5.41, 5.74) is 2.88. The molecule has 3 aromatic heterocycles. The van der Waals surface area contributed by atoms with Crippen LogP contribution in [0, 0.1) is 18.8 Å². The maximum Gasteiger partial charge on any atom is 0.340 e. The Morgan fingerprint density at radius 1 is 1.10 bits per heavy atom. The molecule has 5 aromatic rings. The van der Waals surface area contributed by atoms with Gasteiger partial charge in [0.25, 0.3) is 12.4 Å². The van der Waals surface area contributed by atoms with Crippen molar-refractivity contribution in [3.63, 3.8) is 0 Å². The van der Waals surface area contributed by atoms with Gasteiger partial charge in [0.15, 0.2) is 0 Å². The third-order valence-corrected chi connectivity index (χ3v) is 6.56. The fraction of sp³-hybridized carbons (Fsp3) is 0.241. The molecule has 0 spiro atoms. The van der Waals surface area contributed by atoms with Crippen LogP contribution >= 0.6 is 0 Å². The molecule has 198 valence electrons. The van der Waals surface area contributed by atoms with Crippen molar-refractivity contribution < 1.29 is 32.7 Å². The van der Waals surface area contributed by atoms with Gasteiger partial charge in [-0.1, -0.05) is 36.4 Å². The Morgan fingerprint density at radius 3 is 2.51 bits per heavy atom. The number of carboxylic acid groups (broad SMARTS) is 1. The number of rotatable bonds is 6. The van der Waals surface area contributed by atoms with E-state index >= 15 is 0 Å². The van der Waals surface area contributed by atoms with Gasteiger partial charge in [-0.25, -0.2) is 0 Å². The molecule has 10 heteroatoms. The van der Waals surface area contributed by atoms with Gasteiger partial charge in [0.05, 0.1) is 5.69 Å². The Kier molecular flexibility index (Phi) is 6.81. The van der Waals surface area contributed by atoms with Gasteiger partial charge in [0.1, 0.15) is 17.1 Å². The summed E-state index contributed by atoms with van der Waals surface area (Å²) in [6.45, 7) is 4.34. The van der Waals surface area contributed by atoms with Gasteiger partial charge in [-0.15, -0.1) is 0 Å². The molecule has 1 aliphatic rings. The number of carboxylic acids is 1. The third-order valence-electron chi connectivity index (χ3n) is 6.56. The molecule has 1 aliphatic carbocycles. The topological polar surface area (TPSA) is 141 Å². The molecule has 2 N–H and O–H groups in total. The number of nitrogens with zero attached hydrogens (tertiary/aromatic N) is 2. The number of anilines is 1. The number of hydrogen-bond donors (Lipinski definition) is 2. The predicted molar refractivity (Wildman–Crippen MR) is 141 cm³/mol. The van der Waals surface area contributed by atoms with E-state index in [0.29, 0.717) is 25.1 Å². The van der Waals surface area contributed by atoms with Crippen LogP contribution in [0.25, 0.3) is 22.4 Å². The molecule has 0 saturated heterocycles. The summed E-state index contributed by atoms with van der Waals surface area (Å²) in [5, 5.41) is 13.3. The van der Waals surface area contributed by atoms with Crippen LogP contribution < -0.4 is 5.32 Å². The van der Waals surface area contributed by atoms with Crippen LogP contribution in [0.1, 0.15) is 54.5 Å². The Bertz CT molecular complexity index is 1700. The van der Waals surface area contributed by atoms with E-state index in [-0.39, 0.29) is 29.3 Å². The van der Waals surface area contributed by atoms with Crippen LogP contribution in [-0.4, -0.2) is 34.6 Å². The normalized spacial score (nSPS) is 14.0. The first-order chi connectivity index (χ1) is 18.9. The number of benzene rings is 2. The smallest absolute Gasteiger partial charge is 0.340 e. The van der Waals surface area contributed by atoms with Crippen LogP contribution in [0.3, 0.4) is 0 Å². The number of aryl methyl sites for hydroxylation is 1. The van der Waals surface area contributed by atoms with Gasteiger partial charge < -0.3 is 28.4 Å². The van der Waals surface area contributed by atoms with E-state index in [1.54, 1.807) is 7.05 Å². The lowest BCUT2D eigenvalue weighted by Crippen LogP contribution is -2.19. The van der Waals surface area contributed by atoms with Crippen molar-refractivity contribution in [3.05, 3.63) is 77.2 Å². The minimum Gasteiger partial charge on any atom is -0.480 e. The Balaban J connectivity index is 0.000000217. The Morgan fingerprint density at radius 2 is 1.85 bits per heavy atom. The summed E-state index contributed by atoms with van der Waals surface area (Å²) in [6.07, 6.45) is 0.845. The van der Waals surface area contributed by atoms with E-state index in [1.165, 1.54) is 0 Å². The van der Waals surface area contributed by atoms with E-state index in [9.17, 15) is 14.7 Å². The molecule has 1 atom stereocenters. The number of para-hydroxylation sites is 1. The molecular formula is C29H25N3O7. The molecule has 1 saturated carbocycles. The minimum atomic E-state index is -1.04. The van der Waals surface area contributed by atoms with Crippen molar-refractivity contribution in [3.8, 4) is 11.8 Å². The van der Waals surface area contributed by atoms with Gasteiger partial charge >= 0.3 is 11.7 Å². The maximum absolute atomic E-state index is 11.4. The molecule has 0 radical (unpaired) electrons. The Labute approximate surface area is 223 Å². The number of carbonyl (C=O) groups excluding carboxylic acids is 1. The molecule has 1 unspecified atom stereocenters. The maximum atomic E-state index is 11.4. The third kappa shape index (κ3) is 4.94. The number of hydrogen-bond acceptors (Lipinski definition) is 9. The second-order valence-corrected chi connectivity index (χ2v) is 9.07. The Hall–Kier alpha value is -5.04. The molecule has 10 nitrogen and oxygen atoms in total. The average molecular weight is 528 g/mol. The predicted octanol–water partition coefficient (Wildman–Crippen LogP) is 5.35. The van der Waals surface area contributed by atoms with Gasteiger partial charge in [0.2, 0.25) is 17.3 Å². The standard InChI is InChI=1S/C19H13N3O5.C10H12O2/c1-20-14-10-4-2-3-5-11(10)25-12(14)6-7-13-21-15-16(26-13)27-17(22-15)19(8-9-19)18(23)24;1-8-5-3-4-6-10(8)9(2)12-7-11/h2-5,20H,8-9H2,1H3,(H,23,24);3-7,9H,1-2H3. The van der Waals surface area contributed by atoms with Crippen molar-refractivity contribution in [1.29, 1.82) is 0 Å². The fourth-order valence-electron chi connectivity index (χ4n) is 4.24. The number of aromatic nitrogens is 2. The summed E-state index contributed by atoms with van der Waals surface area (Å²) < 4.78 is 21.5. The molecular weight excluding hydrogens is 502 g/mol. The van der Waals surface area contributed by atoms with Crippen LogP contribution in [0.4, 0.5) is 5.69 Å². The molecule has 6 rings (SSSR count). The van der Waals surface area contributed by atoms with Crippen molar-refractivity contribution in [2.24, 2.45) is 0 Å². The van der Waals surface area contributed by atoms with Crippen molar-refractivity contribution in [2.45, 2.75) is 38.2 Å². The van der Waals surface area contributed by atoms with E-state index in [4.69, 9.17) is 18.0 Å². The number of ether oxygens (including phenoxy) is 1. The summed E-state index contributed by atoms with van der Waals surface area (Å²) >= 11 is 0. The van der Waals surface area contributed by atoms with Crippen molar-refractivity contribution >= 4 is 40.5 Å². The first-order valence-corrected chi connectivity index (χ1v) is 12.2. The zero-order chi connectivity index (χ0) is 27.6. The summed E-state index contributed by atoms with van der Waals surface area (Å²) in [4.78, 5) is 29.7. The monoisotopic (exact) mass is 527 g/mol. The highest BCUT2D eigenvalue weighted by molar-refractivity contribution is 5.93. The number of furan rings is 1. The van der Waals surface area contributed by atoms with E-state index in [0.717, 1.165) is 27.8 Å². The largest absolute Gasteiger partial charge is 0.480 e. The molecule has 0 amide bonds. The quantitative estimate of drug-likeness (QED) is 0.219. The number of carbonyl (C=O) groups is 2. The first-order valence-electron chi connectivity index (χ1n) is 12.2. The van der Waals surface area contributed by atoms with Crippen LogP contribution in [-0.2, 0) is 19.7 Å². The zero-order valence-electron chi connectivity index (χ0n) is 21.5. The fourth-order valence-corrected chi connectivity index (χ4v) is 4.24. The molecule has 0 aliphatic heterocycles. The average Bonchev–Trinajstić information content (AvgIpc) is 3.34. The molecule has 2 aromatic carbocycles. The first kappa shape index (κ1) is 25.6. The highest BCUT2D eigenvalue weighted by Crippen LogP contribution is 2.48. The van der Waals surface area contributed by atoms with Gasteiger partial charge in [0, 0.05) is 18.4 Å². The number of oxazole rings is 2. The SMILES string of the molecule is CNc1c(C#Cc2nc3nc(C4(C(=O)O)CC4)oc3o2)oc2ccccc12.Cc1ccccc1C(C)OC=O.